The summed E-state index contributed by atoms with van der Waals surface area (Å²) in [5, 5.41) is 17.7. The molecule has 2 aromatic rings. The number of anilines is 2. The average Bonchev–Trinajstić information content (AvgIpc) is 3.66. The van der Waals surface area contributed by atoms with Crippen LogP contribution in [-0.4, -0.2) is 86.1 Å². The van der Waals surface area contributed by atoms with Gasteiger partial charge in [-0.2, -0.15) is 13.8 Å². The van der Waals surface area contributed by atoms with Crippen molar-refractivity contribution in [3.63, 3.8) is 0 Å². The van der Waals surface area contributed by atoms with Gasteiger partial charge >= 0.3 is 18.0 Å². The lowest BCUT2D eigenvalue weighted by molar-refractivity contribution is -0.0547. The van der Waals surface area contributed by atoms with Gasteiger partial charge in [-0.25, -0.2) is 23.5 Å². The van der Waals surface area contributed by atoms with Crippen molar-refractivity contribution in [1.29, 1.82) is 0 Å². The van der Waals surface area contributed by atoms with Gasteiger partial charge in [0.05, 0.1) is 6.04 Å². The van der Waals surface area contributed by atoms with Crippen LogP contribution in [0, 0.1) is 11.8 Å². The van der Waals surface area contributed by atoms with Gasteiger partial charge in [-0.15, -0.1) is 0 Å². The Morgan fingerprint density at radius 3 is 2.33 bits per heavy atom. The van der Waals surface area contributed by atoms with E-state index in [1.54, 1.807) is 30.6 Å². The fourth-order valence-corrected chi connectivity index (χ4v) is 6.62. The molecule has 264 valence electrons. The Labute approximate surface area is 277 Å². The second-order valence-electron chi connectivity index (χ2n) is 14.0. The monoisotopic (exact) mass is 680 g/mol. The highest BCUT2D eigenvalue weighted by molar-refractivity contribution is 5.68. The highest BCUT2D eigenvalue weighted by Crippen LogP contribution is 2.39. The van der Waals surface area contributed by atoms with Gasteiger partial charge in [-0.1, -0.05) is 5.16 Å². The van der Waals surface area contributed by atoms with Crippen LogP contribution in [0.1, 0.15) is 78.4 Å². The first-order valence-corrected chi connectivity index (χ1v) is 16.2. The summed E-state index contributed by atoms with van der Waals surface area (Å²) in [6.45, 7) is 11.3. The maximum Gasteiger partial charge on any atom is 0.407 e. The molecule has 2 N–H and O–H groups in total. The molecule has 0 bridgehead atoms. The summed E-state index contributed by atoms with van der Waals surface area (Å²) in [5.74, 6) is -5.69. The van der Waals surface area contributed by atoms with Crippen LogP contribution in [0.5, 0.6) is 0 Å². The molecule has 4 atom stereocenters. The van der Waals surface area contributed by atoms with Crippen LogP contribution in [0.4, 0.5) is 34.3 Å². The lowest BCUT2D eigenvalue weighted by atomic mass is 9.82. The Kier molecular flexibility index (Phi) is 10.3. The summed E-state index contributed by atoms with van der Waals surface area (Å²) in [7, 11) is 0. The summed E-state index contributed by atoms with van der Waals surface area (Å²) in [6, 6.07) is -0.625. The number of hydrogen-bond donors (Lipinski definition) is 2. The Morgan fingerprint density at radius 2 is 1.75 bits per heavy atom. The summed E-state index contributed by atoms with van der Waals surface area (Å²) >= 11 is 0. The lowest BCUT2D eigenvalue weighted by Crippen LogP contribution is -2.49. The molecule has 4 unspecified atom stereocenters. The Morgan fingerprint density at radius 1 is 1.08 bits per heavy atom. The van der Waals surface area contributed by atoms with Crippen LogP contribution in [0.2, 0.25) is 0 Å². The quantitative estimate of drug-likeness (QED) is 0.261. The molecule has 0 spiro atoms. The van der Waals surface area contributed by atoms with E-state index in [0.29, 0.717) is 44.4 Å². The highest BCUT2D eigenvalue weighted by Gasteiger charge is 2.43. The van der Waals surface area contributed by atoms with Gasteiger partial charge < -0.3 is 29.5 Å². The molecule has 5 rings (SSSR count). The number of allylic oxidation sites excluding steroid dienone is 4. The van der Waals surface area contributed by atoms with Gasteiger partial charge in [0, 0.05) is 81.4 Å². The number of rotatable bonds is 9. The molecule has 1 amide bonds. The van der Waals surface area contributed by atoms with Crippen molar-refractivity contribution >= 4 is 18.1 Å². The van der Waals surface area contributed by atoms with Gasteiger partial charge in [-0.3, -0.25) is 4.90 Å². The number of alkyl halides is 2. The predicted molar refractivity (Wildman–Crippen MR) is 168 cm³/mol. The third-order valence-electron chi connectivity index (χ3n) is 8.86. The van der Waals surface area contributed by atoms with Crippen molar-refractivity contribution in [3.8, 4) is 0 Å². The summed E-state index contributed by atoms with van der Waals surface area (Å²) in [4.78, 5) is 31.1. The van der Waals surface area contributed by atoms with E-state index in [4.69, 9.17) is 9.26 Å². The molecule has 16 heteroatoms. The third kappa shape index (κ3) is 8.25. The molecular formula is C32H44F4N8O4. The number of carbonyl (C=O) groups excluding carboxylic acids is 1. The highest BCUT2D eigenvalue weighted by atomic mass is 19.3. The van der Waals surface area contributed by atoms with Gasteiger partial charge in [-0.05, 0) is 59.6 Å². The molecule has 3 aliphatic rings. The van der Waals surface area contributed by atoms with Crippen LogP contribution in [0.3, 0.4) is 0 Å². The van der Waals surface area contributed by atoms with E-state index < -0.39 is 59.2 Å². The maximum atomic E-state index is 15.0. The van der Waals surface area contributed by atoms with Gasteiger partial charge in [0.25, 0.3) is 0 Å². The zero-order valence-corrected chi connectivity index (χ0v) is 28.0. The number of nitrogens with one attached hydrogen (secondary N) is 1. The molecule has 2 aromatic heterocycles. The number of alkyl carbamates (subject to hydrolysis) is 1. The van der Waals surface area contributed by atoms with Crippen molar-refractivity contribution in [2.45, 2.75) is 96.7 Å². The number of nitrogens with zero attached hydrogens (tertiary/aromatic N) is 7. The van der Waals surface area contributed by atoms with Crippen molar-refractivity contribution in [2.24, 2.45) is 11.8 Å². The minimum atomic E-state index is -3.20. The smallest absolute Gasteiger partial charge is 0.407 e. The number of halogens is 4. The SMILES string of the molecule is CC(C)N(C1CCN(c2nc(C(C)(F)F)no2)CC1)C(O)c1cnc(N2CC(NC(=O)OC(C)(C)C)C(C3CC(F)=CC=C3F)C2)nc1. The Bertz CT molecular complexity index is 1480. The molecule has 0 aromatic carbocycles. The average molecular weight is 681 g/mol. The van der Waals surface area contributed by atoms with Gasteiger partial charge in [0.2, 0.25) is 11.8 Å². The molecule has 0 saturated carbocycles. The number of hydrogen-bond acceptors (Lipinski definition) is 11. The molecule has 12 nitrogen and oxygen atoms in total. The first-order valence-electron chi connectivity index (χ1n) is 16.2. The Hall–Kier alpha value is -3.79. The predicted octanol–water partition coefficient (Wildman–Crippen LogP) is 5.40. The minimum absolute atomic E-state index is 0.0436. The normalized spacial score (nSPS) is 23.4. The molecule has 0 radical (unpaired) electrons. The van der Waals surface area contributed by atoms with E-state index in [0.717, 1.165) is 12.2 Å². The number of amides is 1. The number of aliphatic hydroxyl groups excluding tert-OH is 1. The standard InChI is InChI=1S/C32H44F4N8O4/c1-18(2)44(21-9-11-42(12-10-21)29-40-27(41-48-29)32(6,35)36)26(45)19-14-37-28(38-15-19)43-16-23(22-13-20(33)7-8-24(22)34)25(17-43)39-30(46)47-31(3,4)5/h7-8,14-15,18,21-23,25-26,45H,9-13,16-17H2,1-6H3,(H,39,46). The van der Waals surface area contributed by atoms with E-state index in [2.05, 4.69) is 25.4 Å². The van der Waals surface area contributed by atoms with Crippen LogP contribution in [0.25, 0.3) is 0 Å². The van der Waals surface area contributed by atoms with E-state index >= 15 is 0 Å². The third-order valence-corrected chi connectivity index (χ3v) is 8.86. The topological polar surface area (TPSA) is 133 Å². The Balaban J connectivity index is 1.26. The largest absolute Gasteiger partial charge is 0.444 e. The van der Waals surface area contributed by atoms with E-state index in [1.807, 2.05) is 18.7 Å². The molecule has 4 heterocycles. The van der Waals surface area contributed by atoms with Crippen LogP contribution in [-0.2, 0) is 10.7 Å². The number of piperidine rings is 1. The molecule has 2 fully saturated rings. The van der Waals surface area contributed by atoms with E-state index in [-0.39, 0.29) is 37.6 Å². The van der Waals surface area contributed by atoms with Crippen molar-refractivity contribution in [3.05, 3.63) is 47.6 Å². The van der Waals surface area contributed by atoms with Crippen LogP contribution in [0.15, 0.2) is 40.7 Å². The first kappa shape index (κ1) is 35.5. The molecular weight excluding hydrogens is 636 g/mol. The van der Waals surface area contributed by atoms with Crippen LogP contribution < -0.4 is 15.1 Å². The second-order valence-corrected chi connectivity index (χ2v) is 14.0. The summed E-state index contributed by atoms with van der Waals surface area (Å²) < 4.78 is 66.9. The molecule has 2 aliphatic heterocycles. The fourth-order valence-electron chi connectivity index (χ4n) is 6.62. The van der Waals surface area contributed by atoms with E-state index in [9.17, 15) is 27.5 Å². The van der Waals surface area contributed by atoms with E-state index in [1.165, 1.54) is 12.4 Å². The molecule has 48 heavy (non-hydrogen) atoms. The summed E-state index contributed by atoms with van der Waals surface area (Å²) in [5.41, 5.74) is -0.273. The van der Waals surface area contributed by atoms with Crippen molar-refractivity contribution in [1.82, 2.24) is 30.3 Å². The maximum absolute atomic E-state index is 15.0. The molecule has 2 saturated heterocycles. The van der Waals surface area contributed by atoms with Crippen LogP contribution >= 0.6 is 0 Å². The number of carbonyl (C=O) groups is 1. The van der Waals surface area contributed by atoms with Gasteiger partial charge in [0.1, 0.15) is 23.5 Å². The second kappa shape index (κ2) is 14.0. The number of aromatic nitrogens is 4. The van der Waals surface area contributed by atoms with Gasteiger partial charge in [0.15, 0.2) is 0 Å². The zero-order chi connectivity index (χ0) is 35.0. The van der Waals surface area contributed by atoms with Crippen molar-refractivity contribution in [2.75, 3.05) is 36.0 Å². The van der Waals surface area contributed by atoms with Crippen molar-refractivity contribution < 1.29 is 36.7 Å². The lowest BCUT2D eigenvalue weighted by Gasteiger charge is -2.42. The summed E-state index contributed by atoms with van der Waals surface area (Å²) in [6.07, 6.45) is 4.73. The zero-order valence-electron chi connectivity index (χ0n) is 28.0. The minimum Gasteiger partial charge on any atom is -0.444 e. The molecule has 1 aliphatic carbocycles. The number of ether oxygens (including phenoxy) is 1. The first-order chi connectivity index (χ1) is 22.5. The fraction of sp³-hybridized carbons (Fsp3) is 0.656. The number of aliphatic hydroxyl groups is 1.